The van der Waals surface area contributed by atoms with Crippen LogP contribution < -0.4 is 14.2 Å². The minimum atomic E-state index is -0.860. The number of rotatable bonds is 24. The Morgan fingerprint density at radius 2 is 0.535 bits per heavy atom. The normalized spacial score (nSPS) is 12.0. The zero-order valence-corrected chi connectivity index (χ0v) is 80.3. The third-order valence-corrected chi connectivity index (χ3v) is 24.8. The number of carbonyl (C=O) groups excluding carboxylic acids is 6. The molecule has 20 aromatic carbocycles. The fraction of sp³-hybridized carbons (Fsp3) is 0.109. The van der Waals surface area contributed by atoms with Gasteiger partial charge in [-0.2, -0.15) is 0 Å². The molecule has 0 saturated heterocycles. The molecule has 0 spiro atoms. The summed E-state index contributed by atoms with van der Waals surface area (Å²) in [4.78, 5) is 73.3. The lowest BCUT2D eigenvalue weighted by molar-refractivity contribution is -0.155. The fourth-order valence-electron chi connectivity index (χ4n) is 17.6. The zero-order chi connectivity index (χ0) is 99.5. The van der Waals surface area contributed by atoms with Crippen molar-refractivity contribution in [2.45, 2.75) is 71.6 Å². The lowest BCUT2D eigenvalue weighted by Crippen LogP contribution is -2.18. The number of ketones is 1. The van der Waals surface area contributed by atoms with Crippen molar-refractivity contribution in [1.82, 2.24) is 0 Å². The van der Waals surface area contributed by atoms with Gasteiger partial charge in [0, 0.05) is 69.0 Å². The van der Waals surface area contributed by atoms with Crippen LogP contribution in [0.25, 0.3) is 108 Å². The first kappa shape index (κ1) is 97.5. The second-order valence-corrected chi connectivity index (χ2v) is 34.9. The Bertz CT molecular complexity index is 8160. The van der Waals surface area contributed by atoms with E-state index in [1.807, 2.05) is 237 Å². The highest BCUT2D eigenvalue weighted by Gasteiger charge is 2.30. The molecule has 5 atom stereocenters. The van der Waals surface area contributed by atoms with E-state index < -0.39 is 54.1 Å². The molecule has 20 rings (SSSR count). The standard InChI is InChI=1S/C29H22O2.2C26H22O3.C26H22O2.C21H18O4/c1-19(2)29(30)31-28(26-17-9-13-20-10-3-6-14-23(20)26)27-24-15-7-4-11-21(24)18-22-12-5-8-16-25(22)27;1-17(2)26(27)29-25(19-10-8-11-20(15-19)28-3)24-16-18-9-4-5-12-21(18)22-13-6-7-14-23(22)24;1-17(2)26(27)29-25(24-10-6-8-18-7-4-5-9-23(18)24)21-12-11-20-16-22(28-3)14-13-19(20)15-21;1-18(2)26(27)28-25(24-14-13-21-8-4-6-10-23(21)17-24)16-19-11-12-20-7-3-5-9-22(20)15-19;1-14(22)21(23)25-20(17-8-5-9-19(13-17)24-2)18-11-10-15-6-3-4-7-16(15)12-18/h3-18,28H,1H2,2H3;2*4-16,25H,1H2,2-3H3;3-15,17,25H,1,16H2,2H3;3-13,20H,1-2H3. The van der Waals surface area contributed by atoms with Gasteiger partial charge in [-0.1, -0.05) is 366 Å². The van der Waals surface area contributed by atoms with Gasteiger partial charge in [-0.3, -0.25) is 4.79 Å². The van der Waals surface area contributed by atoms with Crippen LogP contribution in [0.2, 0.25) is 0 Å². The average molecular weight is 1870 g/mol. The topological polar surface area (TPSA) is 176 Å². The molecule has 14 nitrogen and oxygen atoms in total. The molecule has 0 heterocycles. The van der Waals surface area contributed by atoms with E-state index in [-0.39, 0.29) is 12.1 Å². The summed E-state index contributed by atoms with van der Waals surface area (Å²) < 4.78 is 45.3. The van der Waals surface area contributed by atoms with Gasteiger partial charge in [-0.15, -0.1) is 0 Å². The number of hydrogen-bond donors (Lipinski definition) is 0. The first-order chi connectivity index (χ1) is 69.0. The molecular formula is C128H106O14. The summed E-state index contributed by atoms with van der Waals surface area (Å²) in [5.41, 5.74) is 10.8. The van der Waals surface area contributed by atoms with Gasteiger partial charge >= 0.3 is 29.8 Å². The van der Waals surface area contributed by atoms with E-state index in [2.05, 4.69) is 190 Å². The number of fused-ring (bicyclic) bond motifs is 11. The summed E-state index contributed by atoms with van der Waals surface area (Å²) in [5, 5.41) is 22.1. The van der Waals surface area contributed by atoms with Crippen LogP contribution in [0.5, 0.6) is 17.2 Å². The highest BCUT2D eigenvalue weighted by atomic mass is 16.6. The number of methoxy groups -OCH3 is 3. The molecule has 0 radical (unpaired) electrons. The second kappa shape index (κ2) is 45.1. The maximum absolute atomic E-state index is 12.8. The summed E-state index contributed by atoms with van der Waals surface area (Å²) in [7, 11) is 4.86. The van der Waals surface area contributed by atoms with Crippen LogP contribution in [0, 0.1) is 0 Å². The Kier molecular flexibility index (Phi) is 31.0. The minimum Gasteiger partial charge on any atom is -0.497 e. The molecule has 0 saturated carbocycles. The smallest absolute Gasteiger partial charge is 0.375 e. The van der Waals surface area contributed by atoms with Crippen molar-refractivity contribution in [3.05, 3.63) is 511 Å². The molecule has 0 amide bonds. The maximum atomic E-state index is 12.8. The summed E-state index contributed by atoms with van der Waals surface area (Å²) in [6.45, 7) is 22.9. The van der Waals surface area contributed by atoms with Crippen molar-refractivity contribution < 1.29 is 66.7 Å². The molecule has 702 valence electrons. The van der Waals surface area contributed by atoms with Crippen LogP contribution in [-0.4, -0.2) is 57.0 Å². The number of benzene rings is 20. The molecule has 0 aliphatic rings. The van der Waals surface area contributed by atoms with Crippen LogP contribution in [0.1, 0.15) is 121 Å². The van der Waals surface area contributed by atoms with E-state index in [1.54, 1.807) is 55.1 Å². The third kappa shape index (κ3) is 22.9. The number of esters is 5. The molecule has 14 heteroatoms. The Labute approximate surface area is 825 Å². The molecule has 0 bridgehead atoms. The van der Waals surface area contributed by atoms with E-state index >= 15 is 0 Å². The van der Waals surface area contributed by atoms with E-state index in [9.17, 15) is 28.8 Å². The van der Waals surface area contributed by atoms with E-state index in [0.29, 0.717) is 40.2 Å². The molecule has 0 fully saturated rings. The summed E-state index contributed by atoms with van der Waals surface area (Å²) in [5.74, 6) is -0.896. The average Bonchev–Trinajstić information content (AvgIpc) is 0.745. The van der Waals surface area contributed by atoms with Gasteiger partial charge in [0.05, 0.1) is 21.3 Å². The van der Waals surface area contributed by atoms with Crippen molar-refractivity contribution in [2.75, 3.05) is 21.3 Å². The van der Waals surface area contributed by atoms with E-state index in [1.165, 1.54) is 28.5 Å². The zero-order valence-electron chi connectivity index (χ0n) is 80.3. The fourth-order valence-corrected chi connectivity index (χ4v) is 17.6. The number of hydrogen-bond acceptors (Lipinski definition) is 14. The van der Waals surface area contributed by atoms with Crippen LogP contribution >= 0.6 is 0 Å². The first-order valence-corrected chi connectivity index (χ1v) is 46.7. The molecule has 0 N–H and O–H groups in total. The molecule has 0 aliphatic heterocycles. The SMILES string of the molecule is C=C(C)C(=O)OC(Cc1ccc2ccccc2c1)c1ccc2ccccc2c1.C=C(C)C(=O)OC(c1ccc2cc(OC)ccc2c1)c1cccc2ccccc12.C=C(C)C(=O)OC(c1cccc(OC)c1)c1cc2ccccc2c2ccccc12.C=C(C)C(=O)OC(c1cccc2ccccc12)c1c2ccccc2cc2ccccc12.COc1cccc(C(OC(=O)C(C)=O)c2ccc3ccccc3c2)c1. The highest BCUT2D eigenvalue weighted by molar-refractivity contribution is 6.32. The molecule has 5 unspecified atom stereocenters. The van der Waals surface area contributed by atoms with Crippen LogP contribution in [0.3, 0.4) is 0 Å². The molecule has 20 aromatic rings. The van der Waals surface area contributed by atoms with Gasteiger partial charge < -0.3 is 37.9 Å². The van der Waals surface area contributed by atoms with Crippen molar-refractivity contribution in [1.29, 1.82) is 0 Å². The lowest BCUT2D eigenvalue weighted by atomic mass is 9.88. The number of Topliss-reactive ketones (excluding diaryl/α,β-unsaturated/α-hetero) is 1. The largest absolute Gasteiger partial charge is 0.497 e. The predicted octanol–water partition coefficient (Wildman–Crippen LogP) is 30.2. The Hall–Kier alpha value is -17.6. The van der Waals surface area contributed by atoms with Gasteiger partial charge in [0.25, 0.3) is 0 Å². The molecule has 0 aliphatic carbocycles. The summed E-state index contributed by atoms with van der Waals surface area (Å²) in [6, 6.07) is 136. The number of ether oxygens (including phenoxy) is 8. The van der Waals surface area contributed by atoms with Crippen molar-refractivity contribution in [3.8, 4) is 17.2 Å². The van der Waals surface area contributed by atoms with Crippen molar-refractivity contribution in [2.24, 2.45) is 0 Å². The van der Waals surface area contributed by atoms with Gasteiger partial charge in [-0.05, 0) is 224 Å². The summed E-state index contributed by atoms with van der Waals surface area (Å²) in [6.07, 6.45) is -2.11. The third-order valence-electron chi connectivity index (χ3n) is 24.8. The first-order valence-electron chi connectivity index (χ1n) is 46.7. The van der Waals surface area contributed by atoms with Gasteiger partial charge in [0.2, 0.25) is 5.78 Å². The van der Waals surface area contributed by atoms with Crippen molar-refractivity contribution >= 4 is 143 Å². The molecular weight excluding hydrogens is 1760 g/mol. The maximum Gasteiger partial charge on any atom is 0.375 e. The number of carbonyl (C=O) groups is 6. The van der Waals surface area contributed by atoms with E-state index in [0.717, 1.165) is 148 Å². The summed E-state index contributed by atoms with van der Waals surface area (Å²) >= 11 is 0. The monoisotopic (exact) mass is 1870 g/mol. The Balaban J connectivity index is 0.000000128. The quantitative estimate of drug-likeness (QED) is 0.0139. The van der Waals surface area contributed by atoms with Crippen LogP contribution in [0.4, 0.5) is 0 Å². The minimum absolute atomic E-state index is 0.362. The molecule has 142 heavy (non-hydrogen) atoms. The highest BCUT2D eigenvalue weighted by Crippen LogP contribution is 2.44. The molecule has 0 aromatic heterocycles. The van der Waals surface area contributed by atoms with Gasteiger partial charge in [-0.25, -0.2) is 24.0 Å². The van der Waals surface area contributed by atoms with Crippen molar-refractivity contribution in [3.63, 3.8) is 0 Å². The second-order valence-electron chi connectivity index (χ2n) is 34.9. The Morgan fingerprint density at radius 1 is 0.218 bits per heavy atom. The van der Waals surface area contributed by atoms with Gasteiger partial charge in [0.15, 0.2) is 24.4 Å². The predicted molar refractivity (Wildman–Crippen MR) is 573 cm³/mol. The Morgan fingerprint density at radius 3 is 1.03 bits per heavy atom. The van der Waals surface area contributed by atoms with E-state index in [4.69, 9.17) is 37.9 Å². The van der Waals surface area contributed by atoms with Gasteiger partial charge in [0.1, 0.15) is 23.4 Å². The lowest BCUT2D eigenvalue weighted by Gasteiger charge is -2.24. The van der Waals surface area contributed by atoms with Crippen LogP contribution in [-0.2, 0) is 58.9 Å². The van der Waals surface area contributed by atoms with Crippen LogP contribution in [0.15, 0.2) is 455 Å².